The fourth-order valence-electron chi connectivity index (χ4n) is 3.99. The van der Waals surface area contributed by atoms with Crippen molar-refractivity contribution in [3.63, 3.8) is 0 Å². The number of unbranched alkanes of at least 4 members (excludes halogenated alkanes) is 3. The first-order chi connectivity index (χ1) is 14.4. The molecule has 30 heavy (non-hydrogen) atoms. The number of hydrogen-bond donors (Lipinski definition) is 0. The highest BCUT2D eigenvalue weighted by Crippen LogP contribution is 2.34. The molecule has 2 aliphatic rings. The van der Waals surface area contributed by atoms with Gasteiger partial charge in [0.05, 0.1) is 24.9 Å². The van der Waals surface area contributed by atoms with Gasteiger partial charge in [0.1, 0.15) is 17.2 Å². The molecular formula is C21H32N6O3. The Balaban J connectivity index is 1.40. The maximum absolute atomic E-state index is 12.4. The Kier molecular flexibility index (Phi) is 7.26. The smallest absolute Gasteiger partial charge is 0.410 e. The Hall–Kier alpha value is -2.67. The SMILES string of the molecule is CC(C)(C)OC(=O)N1C[C@H]2C[C@@H]1CN2c1ccc(OCCCCCCN=[N+]=[N-])cn1. The van der Waals surface area contributed by atoms with Gasteiger partial charge in [-0.3, -0.25) is 0 Å². The number of amides is 1. The molecule has 2 saturated heterocycles. The van der Waals surface area contributed by atoms with Gasteiger partial charge in [0.15, 0.2) is 0 Å². The lowest BCUT2D eigenvalue weighted by Crippen LogP contribution is -2.50. The van der Waals surface area contributed by atoms with Crippen LogP contribution in [-0.2, 0) is 4.74 Å². The number of aromatic nitrogens is 1. The van der Waals surface area contributed by atoms with E-state index in [9.17, 15) is 4.79 Å². The highest BCUT2D eigenvalue weighted by molar-refractivity contribution is 5.70. The predicted octanol–water partition coefficient (Wildman–Crippen LogP) is 4.53. The number of nitrogens with zero attached hydrogens (tertiary/aromatic N) is 6. The number of rotatable bonds is 9. The second kappa shape index (κ2) is 9.89. The molecule has 0 unspecified atom stereocenters. The molecule has 2 atom stereocenters. The van der Waals surface area contributed by atoms with Crippen LogP contribution >= 0.6 is 0 Å². The fraction of sp³-hybridized carbons (Fsp3) is 0.714. The van der Waals surface area contributed by atoms with Crippen LogP contribution in [0.3, 0.4) is 0 Å². The van der Waals surface area contributed by atoms with Crippen molar-refractivity contribution in [2.45, 2.75) is 70.6 Å². The van der Waals surface area contributed by atoms with E-state index in [0.29, 0.717) is 19.7 Å². The van der Waals surface area contributed by atoms with E-state index in [4.69, 9.17) is 15.0 Å². The van der Waals surface area contributed by atoms with Crippen LogP contribution in [0.5, 0.6) is 5.75 Å². The van der Waals surface area contributed by atoms with Crippen LogP contribution in [0.25, 0.3) is 10.4 Å². The molecule has 2 bridgehead atoms. The monoisotopic (exact) mass is 416 g/mol. The normalized spacial score (nSPS) is 20.2. The molecule has 2 fully saturated rings. The first-order valence-corrected chi connectivity index (χ1v) is 10.7. The highest BCUT2D eigenvalue weighted by Gasteiger charge is 2.46. The summed E-state index contributed by atoms with van der Waals surface area (Å²) in [6.07, 6.45) is 6.49. The van der Waals surface area contributed by atoms with Gasteiger partial charge < -0.3 is 19.3 Å². The number of carbonyl (C=O) groups excluding carboxylic acids is 1. The van der Waals surface area contributed by atoms with Gasteiger partial charge in [-0.1, -0.05) is 18.0 Å². The molecule has 0 aliphatic carbocycles. The number of hydrogen-bond acceptors (Lipinski definition) is 6. The van der Waals surface area contributed by atoms with Crippen LogP contribution in [-0.4, -0.2) is 59.9 Å². The van der Waals surface area contributed by atoms with Crippen LogP contribution in [0.4, 0.5) is 10.6 Å². The molecule has 9 heteroatoms. The Morgan fingerprint density at radius 3 is 2.67 bits per heavy atom. The number of pyridine rings is 1. The first kappa shape index (κ1) is 22.0. The molecule has 0 radical (unpaired) electrons. The minimum absolute atomic E-state index is 0.182. The van der Waals surface area contributed by atoms with Gasteiger partial charge in [-0.25, -0.2) is 9.78 Å². The van der Waals surface area contributed by atoms with Gasteiger partial charge in [-0.05, 0) is 57.7 Å². The molecule has 2 aliphatic heterocycles. The van der Waals surface area contributed by atoms with E-state index in [-0.39, 0.29) is 18.2 Å². The zero-order valence-electron chi connectivity index (χ0n) is 18.2. The summed E-state index contributed by atoms with van der Waals surface area (Å²) in [6, 6.07) is 4.42. The molecule has 0 aromatic carbocycles. The number of carbonyl (C=O) groups is 1. The maximum atomic E-state index is 12.4. The van der Waals surface area contributed by atoms with E-state index < -0.39 is 5.60 Å². The lowest BCUT2D eigenvalue weighted by molar-refractivity contribution is 0.0214. The molecule has 9 nitrogen and oxygen atoms in total. The minimum Gasteiger partial charge on any atom is -0.492 e. The summed E-state index contributed by atoms with van der Waals surface area (Å²) in [5.74, 6) is 1.70. The Bertz CT molecular complexity index is 757. The van der Waals surface area contributed by atoms with Gasteiger partial charge in [-0.2, -0.15) is 0 Å². The molecule has 1 aromatic rings. The van der Waals surface area contributed by atoms with Crippen molar-refractivity contribution in [3.05, 3.63) is 28.8 Å². The van der Waals surface area contributed by atoms with E-state index in [1.165, 1.54) is 0 Å². The molecular weight excluding hydrogens is 384 g/mol. The molecule has 0 spiro atoms. The van der Waals surface area contributed by atoms with Crippen molar-refractivity contribution in [2.24, 2.45) is 5.11 Å². The number of anilines is 1. The topological polar surface area (TPSA) is 104 Å². The molecule has 0 N–H and O–H groups in total. The van der Waals surface area contributed by atoms with E-state index in [1.54, 1.807) is 6.20 Å². The third-order valence-electron chi connectivity index (χ3n) is 5.37. The van der Waals surface area contributed by atoms with Gasteiger partial charge >= 0.3 is 6.09 Å². The molecule has 3 heterocycles. The maximum Gasteiger partial charge on any atom is 0.410 e. The van der Waals surface area contributed by atoms with E-state index in [1.807, 2.05) is 37.8 Å². The second-order valence-electron chi connectivity index (χ2n) is 8.90. The molecule has 1 amide bonds. The van der Waals surface area contributed by atoms with Crippen molar-refractivity contribution in [1.29, 1.82) is 0 Å². The summed E-state index contributed by atoms with van der Waals surface area (Å²) in [6.45, 7) is 8.37. The first-order valence-electron chi connectivity index (χ1n) is 10.7. The number of likely N-dealkylation sites (tertiary alicyclic amines) is 1. The van der Waals surface area contributed by atoms with Crippen molar-refractivity contribution in [1.82, 2.24) is 9.88 Å². The van der Waals surface area contributed by atoms with E-state index >= 15 is 0 Å². The average molecular weight is 417 g/mol. The largest absolute Gasteiger partial charge is 0.492 e. The number of piperazine rings is 1. The lowest BCUT2D eigenvalue weighted by atomic mass is 10.2. The summed E-state index contributed by atoms with van der Waals surface area (Å²) >= 11 is 0. The van der Waals surface area contributed by atoms with E-state index in [0.717, 1.165) is 50.2 Å². The zero-order valence-corrected chi connectivity index (χ0v) is 18.2. The number of fused-ring (bicyclic) bond motifs is 2. The van der Waals surface area contributed by atoms with E-state index in [2.05, 4.69) is 19.9 Å². The predicted molar refractivity (Wildman–Crippen MR) is 115 cm³/mol. The van der Waals surface area contributed by atoms with Crippen molar-refractivity contribution < 1.29 is 14.3 Å². The molecule has 3 rings (SSSR count). The summed E-state index contributed by atoms with van der Waals surface area (Å²) in [7, 11) is 0. The van der Waals surface area contributed by atoms with Crippen LogP contribution in [0.2, 0.25) is 0 Å². The Labute approximate surface area is 178 Å². The summed E-state index contributed by atoms with van der Waals surface area (Å²) in [4.78, 5) is 23.8. The van der Waals surface area contributed by atoms with Crippen LogP contribution in [0.1, 0.15) is 52.9 Å². The highest BCUT2D eigenvalue weighted by atomic mass is 16.6. The van der Waals surface area contributed by atoms with Crippen molar-refractivity contribution in [3.8, 4) is 5.75 Å². The zero-order chi connectivity index (χ0) is 21.6. The van der Waals surface area contributed by atoms with Gasteiger partial charge in [0.2, 0.25) is 0 Å². The quantitative estimate of drug-likeness (QED) is 0.255. The lowest BCUT2D eigenvalue weighted by Gasteiger charge is -2.35. The third kappa shape index (κ3) is 5.92. The van der Waals surface area contributed by atoms with Gasteiger partial charge in [0, 0.05) is 24.5 Å². The van der Waals surface area contributed by atoms with Crippen molar-refractivity contribution >= 4 is 11.9 Å². The number of ether oxygens (including phenoxy) is 2. The molecule has 164 valence electrons. The van der Waals surface area contributed by atoms with Crippen LogP contribution < -0.4 is 9.64 Å². The summed E-state index contributed by atoms with van der Waals surface area (Å²) in [5.41, 5.74) is 7.76. The fourth-order valence-corrected chi connectivity index (χ4v) is 3.99. The average Bonchev–Trinajstić information content (AvgIpc) is 3.30. The summed E-state index contributed by atoms with van der Waals surface area (Å²) in [5, 5.41) is 3.53. The molecule has 1 aromatic heterocycles. The van der Waals surface area contributed by atoms with Gasteiger partial charge in [0.25, 0.3) is 0 Å². The van der Waals surface area contributed by atoms with Crippen molar-refractivity contribution in [2.75, 3.05) is 31.1 Å². The summed E-state index contributed by atoms with van der Waals surface area (Å²) < 4.78 is 11.3. The Morgan fingerprint density at radius 1 is 1.23 bits per heavy atom. The van der Waals surface area contributed by atoms with Crippen LogP contribution in [0, 0.1) is 0 Å². The number of azide groups is 1. The standard InChI is InChI=1S/C21H32N6O3/c1-21(2,3)30-20(28)27-15-16-12-17(27)14-26(16)19-9-8-18(13-23-19)29-11-7-5-4-6-10-24-25-22/h8-9,13,16-17H,4-7,10-12,14-15H2,1-3H3/t16-,17-/m1/s1. The Morgan fingerprint density at radius 2 is 2.03 bits per heavy atom. The van der Waals surface area contributed by atoms with Crippen LogP contribution in [0.15, 0.2) is 23.4 Å². The second-order valence-corrected chi connectivity index (χ2v) is 8.90. The third-order valence-corrected chi connectivity index (χ3v) is 5.37. The molecule has 0 saturated carbocycles. The van der Waals surface area contributed by atoms with Gasteiger partial charge in [-0.15, -0.1) is 0 Å². The minimum atomic E-state index is -0.470.